The van der Waals surface area contributed by atoms with Gasteiger partial charge in [0, 0.05) is 27.3 Å². The summed E-state index contributed by atoms with van der Waals surface area (Å²) in [4.78, 5) is 39.3. The number of Topliss-reactive ketones (excluding diaryl/α,β-unsaturated/α-hetero) is 1. The maximum Gasteiger partial charge on any atom is 0.272 e. The second-order valence-electron chi connectivity index (χ2n) is 8.32. The third-order valence-electron chi connectivity index (χ3n) is 5.61. The van der Waals surface area contributed by atoms with Crippen LogP contribution in [0.4, 0.5) is 10.1 Å². The van der Waals surface area contributed by atoms with E-state index in [2.05, 4.69) is 10.6 Å². The number of anilines is 1. The van der Waals surface area contributed by atoms with Crippen molar-refractivity contribution in [3.63, 3.8) is 0 Å². The van der Waals surface area contributed by atoms with Crippen LogP contribution in [0.25, 0.3) is 6.08 Å². The zero-order valence-corrected chi connectivity index (χ0v) is 21.8. The molecule has 2 amide bonds. The van der Waals surface area contributed by atoms with Crippen LogP contribution in [0.3, 0.4) is 0 Å². The predicted octanol–water partition coefficient (Wildman–Crippen LogP) is 6.22. The Morgan fingerprint density at radius 2 is 1.56 bits per heavy atom. The highest BCUT2D eigenvalue weighted by atomic mass is 32.2. The first kappa shape index (κ1) is 27.3. The number of amides is 2. The summed E-state index contributed by atoms with van der Waals surface area (Å²) in [6, 6.07) is 28.3. The topological polar surface area (TPSA) is 84.5 Å². The molecule has 0 aliphatic carbocycles. The molecule has 0 fully saturated rings. The minimum atomic E-state index is -0.626. The summed E-state index contributed by atoms with van der Waals surface area (Å²) >= 11 is 1.33. The molecule has 8 heteroatoms. The van der Waals surface area contributed by atoms with Crippen molar-refractivity contribution in [2.75, 3.05) is 18.2 Å². The molecular formula is C31H25FN2O4S. The molecule has 0 aliphatic rings. The molecule has 0 bridgehead atoms. The third-order valence-corrected chi connectivity index (χ3v) is 6.60. The summed E-state index contributed by atoms with van der Waals surface area (Å²) in [6.45, 7) is 0. The van der Waals surface area contributed by atoms with E-state index >= 15 is 0 Å². The van der Waals surface area contributed by atoms with Crippen molar-refractivity contribution in [1.29, 1.82) is 0 Å². The van der Waals surface area contributed by atoms with E-state index in [9.17, 15) is 18.8 Å². The van der Waals surface area contributed by atoms with Crippen LogP contribution in [0.15, 0.2) is 114 Å². The van der Waals surface area contributed by atoms with Crippen molar-refractivity contribution >= 4 is 41.1 Å². The van der Waals surface area contributed by atoms with Gasteiger partial charge in [0.2, 0.25) is 0 Å². The number of nitrogens with one attached hydrogen (secondary N) is 2. The highest BCUT2D eigenvalue weighted by Crippen LogP contribution is 2.24. The molecular weight excluding hydrogens is 515 g/mol. The van der Waals surface area contributed by atoms with Crippen molar-refractivity contribution < 1.29 is 23.5 Å². The number of halogens is 1. The maximum absolute atomic E-state index is 14.3. The Balaban J connectivity index is 1.48. The first-order valence-corrected chi connectivity index (χ1v) is 13.0. The number of hydrogen-bond donors (Lipinski definition) is 2. The lowest BCUT2D eigenvalue weighted by Crippen LogP contribution is -2.30. The Hall–Kier alpha value is -4.69. The molecule has 0 heterocycles. The van der Waals surface area contributed by atoms with Crippen molar-refractivity contribution in [2.45, 2.75) is 4.90 Å². The number of ketones is 1. The van der Waals surface area contributed by atoms with E-state index < -0.39 is 17.6 Å². The standard InChI is InChI=1S/C31H25FN2O4S/c1-38-25-16-14-21(15-17-25)29(35)20-39-26-12-7-11-24(19-26)33-31(37)28(18-23-10-5-6-13-27(23)32)34-30(36)22-8-3-2-4-9-22/h2-19H,20H2,1H3,(H,33,37)(H,34,36)/b28-18-. The van der Waals surface area contributed by atoms with E-state index in [0.29, 0.717) is 22.6 Å². The predicted molar refractivity (Wildman–Crippen MR) is 151 cm³/mol. The number of methoxy groups -OCH3 is 1. The van der Waals surface area contributed by atoms with Crippen LogP contribution in [-0.2, 0) is 4.79 Å². The van der Waals surface area contributed by atoms with Gasteiger partial charge in [-0.15, -0.1) is 11.8 Å². The molecule has 0 atom stereocenters. The summed E-state index contributed by atoms with van der Waals surface area (Å²) in [7, 11) is 1.56. The van der Waals surface area contributed by atoms with Gasteiger partial charge in [-0.3, -0.25) is 14.4 Å². The molecule has 0 unspecified atom stereocenters. The van der Waals surface area contributed by atoms with Crippen LogP contribution in [-0.4, -0.2) is 30.5 Å². The molecule has 0 aliphatic heterocycles. The fourth-order valence-corrected chi connectivity index (χ4v) is 4.41. The Bertz CT molecular complexity index is 1500. The van der Waals surface area contributed by atoms with E-state index in [0.717, 1.165) is 4.90 Å². The van der Waals surface area contributed by atoms with Gasteiger partial charge in [-0.05, 0) is 66.7 Å². The molecule has 196 valence electrons. The minimum Gasteiger partial charge on any atom is -0.497 e. The normalized spacial score (nSPS) is 11.0. The molecule has 4 aromatic carbocycles. The van der Waals surface area contributed by atoms with Crippen molar-refractivity contribution in [1.82, 2.24) is 5.32 Å². The van der Waals surface area contributed by atoms with Crippen LogP contribution in [0.5, 0.6) is 5.75 Å². The Morgan fingerprint density at radius 3 is 2.28 bits per heavy atom. The molecule has 0 saturated heterocycles. The van der Waals surface area contributed by atoms with E-state index in [1.54, 1.807) is 86.0 Å². The highest BCUT2D eigenvalue weighted by Gasteiger charge is 2.16. The first-order chi connectivity index (χ1) is 18.9. The number of hydrogen-bond acceptors (Lipinski definition) is 5. The zero-order chi connectivity index (χ0) is 27.6. The summed E-state index contributed by atoms with van der Waals surface area (Å²) in [5.41, 5.74) is 1.41. The lowest BCUT2D eigenvalue weighted by Gasteiger charge is -2.12. The summed E-state index contributed by atoms with van der Waals surface area (Å²) in [5, 5.41) is 5.35. The molecule has 0 spiro atoms. The lowest BCUT2D eigenvalue weighted by atomic mass is 10.1. The Morgan fingerprint density at radius 1 is 0.846 bits per heavy atom. The van der Waals surface area contributed by atoms with Crippen LogP contribution >= 0.6 is 11.8 Å². The number of rotatable bonds is 10. The fourth-order valence-electron chi connectivity index (χ4n) is 3.56. The summed E-state index contributed by atoms with van der Waals surface area (Å²) in [5.74, 6) is -0.831. The maximum atomic E-state index is 14.3. The van der Waals surface area contributed by atoms with Gasteiger partial charge in [-0.1, -0.05) is 42.5 Å². The van der Waals surface area contributed by atoms with E-state index in [1.807, 2.05) is 6.07 Å². The van der Waals surface area contributed by atoms with E-state index in [-0.39, 0.29) is 22.8 Å². The average Bonchev–Trinajstić information content (AvgIpc) is 2.97. The average molecular weight is 541 g/mol. The lowest BCUT2D eigenvalue weighted by molar-refractivity contribution is -0.113. The Labute approximate surface area is 229 Å². The highest BCUT2D eigenvalue weighted by molar-refractivity contribution is 8.00. The van der Waals surface area contributed by atoms with Crippen LogP contribution in [0.2, 0.25) is 0 Å². The fraction of sp³-hybridized carbons (Fsp3) is 0.0645. The van der Waals surface area contributed by atoms with Gasteiger partial charge in [-0.2, -0.15) is 0 Å². The van der Waals surface area contributed by atoms with E-state index in [4.69, 9.17) is 4.74 Å². The van der Waals surface area contributed by atoms with Gasteiger partial charge in [0.05, 0.1) is 12.9 Å². The van der Waals surface area contributed by atoms with E-state index in [1.165, 1.54) is 36.0 Å². The summed E-state index contributed by atoms with van der Waals surface area (Å²) < 4.78 is 19.5. The second kappa shape index (κ2) is 13.2. The number of carbonyl (C=O) groups is 3. The van der Waals surface area contributed by atoms with Crippen LogP contribution < -0.4 is 15.4 Å². The quantitative estimate of drug-likeness (QED) is 0.142. The third kappa shape index (κ3) is 7.66. The van der Waals surface area contributed by atoms with Crippen molar-refractivity contribution in [3.8, 4) is 5.75 Å². The van der Waals surface area contributed by atoms with Gasteiger partial charge >= 0.3 is 0 Å². The number of ether oxygens (including phenoxy) is 1. The van der Waals surface area contributed by atoms with Crippen molar-refractivity contribution in [3.05, 3.63) is 131 Å². The number of carbonyl (C=O) groups excluding carboxylic acids is 3. The van der Waals surface area contributed by atoms with Gasteiger partial charge in [0.1, 0.15) is 17.3 Å². The van der Waals surface area contributed by atoms with Crippen molar-refractivity contribution in [2.24, 2.45) is 0 Å². The van der Waals surface area contributed by atoms with Gasteiger partial charge < -0.3 is 15.4 Å². The largest absolute Gasteiger partial charge is 0.497 e. The number of thioether (sulfide) groups is 1. The van der Waals surface area contributed by atoms with Gasteiger partial charge in [-0.25, -0.2) is 4.39 Å². The molecule has 0 aromatic heterocycles. The first-order valence-electron chi connectivity index (χ1n) is 12.0. The summed E-state index contributed by atoms with van der Waals surface area (Å²) in [6.07, 6.45) is 1.29. The molecule has 0 radical (unpaired) electrons. The smallest absolute Gasteiger partial charge is 0.272 e. The molecule has 39 heavy (non-hydrogen) atoms. The minimum absolute atomic E-state index is 0.0455. The molecule has 4 rings (SSSR count). The molecule has 2 N–H and O–H groups in total. The SMILES string of the molecule is COc1ccc(C(=O)CSc2cccc(NC(=O)/C(=C/c3ccccc3F)NC(=O)c3ccccc3)c2)cc1. The van der Waals surface area contributed by atoms with Crippen LogP contribution in [0.1, 0.15) is 26.3 Å². The van der Waals surface area contributed by atoms with Gasteiger partial charge in [0.25, 0.3) is 11.8 Å². The molecule has 4 aromatic rings. The zero-order valence-electron chi connectivity index (χ0n) is 21.0. The Kier molecular flexibility index (Phi) is 9.26. The molecule has 6 nitrogen and oxygen atoms in total. The van der Waals surface area contributed by atoms with Gasteiger partial charge in [0.15, 0.2) is 5.78 Å². The molecule has 0 saturated carbocycles. The number of benzene rings is 4. The van der Waals surface area contributed by atoms with Crippen LogP contribution in [0, 0.1) is 5.82 Å². The second-order valence-corrected chi connectivity index (χ2v) is 9.37. The monoisotopic (exact) mass is 540 g/mol.